The molecule has 0 aliphatic carbocycles. The lowest BCUT2D eigenvalue weighted by Gasteiger charge is -2.32. The summed E-state index contributed by atoms with van der Waals surface area (Å²) < 4.78 is 22.1. The van der Waals surface area contributed by atoms with E-state index < -0.39 is 30.5 Å². The zero-order valence-corrected chi connectivity index (χ0v) is 18.0. The van der Waals surface area contributed by atoms with E-state index in [2.05, 4.69) is 25.2 Å². The van der Waals surface area contributed by atoms with Gasteiger partial charge in [0, 0.05) is 30.4 Å². The Morgan fingerprint density at radius 3 is 2.82 bits per heavy atom. The first kappa shape index (κ1) is 20.8. The number of hydrogen-bond donors (Lipinski definition) is 3. The molecular formula is C23H22FN7O3. The van der Waals surface area contributed by atoms with Crippen molar-refractivity contribution in [1.29, 1.82) is 0 Å². The predicted octanol–water partition coefficient (Wildman–Crippen LogP) is 2.01. The van der Waals surface area contributed by atoms with Crippen molar-refractivity contribution in [2.24, 2.45) is 0 Å². The number of hydrogen-bond acceptors (Lipinski definition) is 8. The standard InChI is InChI=1S/C23H22FN7O3/c24-17-18(32)19(34-23(17)31-9-6-14-20(25)26-11-27-21(14)31)22(33)28-13-4-2-12-3-5-16(29-15(12)10-13)30-7-1-8-30/h2-6,9-11,17-19,23,32H,1,7-8H2,(H,28,33)(H2,25,26,27)/t17-,18-,19-,23+/m0/s1. The molecule has 2 aliphatic heterocycles. The highest BCUT2D eigenvalue weighted by Gasteiger charge is 2.49. The highest BCUT2D eigenvalue weighted by Crippen LogP contribution is 2.35. The molecule has 11 heteroatoms. The number of aromatic nitrogens is 4. The summed E-state index contributed by atoms with van der Waals surface area (Å²) in [4.78, 5) is 27.8. The maximum atomic E-state index is 15.0. The maximum Gasteiger partial charge on any atom is 0.256 e. The molecule has 2 aliphatic rings. The van der Waals surface area contributed by atoms with Crippen molar-refractivity contribution in [2.75, 3.05) is 29.0 Å². The first-order chi connectivity index (χ1) is 16.5. The third kappa shape index (κ3) is 3.32. The minimum Gasteiger partial charge on any atom is -0.387 e. The van der Waals surface area contributed by atoms with Gasteiger partial charge in [-0.25, -0.2) is 19.3 Å². The van der Waals surface area contributed by atoms with Crippen LogP contribution in [0.2, 0.25) is 0 Å². The Hall–Kier alpha value is -3.83. The number of amides is 1. The number of nitrogens with two attached hydrogens (primary N) is 1. The highest BCUT2D eigenvalue weighted by molar-refractivity contribution is 5.97. The third-order valence-electron chi connectivity index (χ3n) is 6.39. The first-order valence-corrected chi connectivity index (χ1v) is 11.0. The molecule has 1 aromatic carbocycles. The molecule has 4 N–H and O–H groups in total. The van der Waals surface area contributed by atoms with Crippen LogP contribution in [-0.2, 0) is 9.53 Å². The van der Waals surface area contributed by atoms with Crippen molar-refractivity contribution in [2.45, 2.75) is 31.0 Å². The fourth-order valence-electron chi connectivity index (χ4n) is 4.39. The molecule has 6 rings (SSSR count). The average molecular weight is 463 g/mol. The molecule has 1 amide bonds. The van der Waals surface area contributed by atoms with Gasteiger partial charge in [-0.3, -0.25) is 4.79 Å². The SMILES string of the molecule is Nc1ncnc2c1ccn2[C@@H]1O[C@H](C(=O)Nc2ccc3ccc(N4CCC4)nc3c2)[C@@H](O)[C@@H]1F. The van der Waals surface area contributed by atoms with Crippen LogP contribution in [0.15, 0.2) is 48.9 Å². The molecule has 0 spiro atoms. The van der Waals surface area contributed by atoms with Gasteiger partial charge >= 0.3 is 0 Å². The summed E-state index contributed by atoms with van der Waals surface area (Å²) >= 11 is 0. The summed E-state index contributed by atoms with van der Waals surface area (Å²) in [5.74, 6) is 0.485. The molecule has 0 saturated carbocycles. The van der Waals surface area contributed by atoms with Gasteiger partial charge in [-0.1, -0.05) is 6.07 Å². The molecule has 0 unspecified atom stereocenters. The number of benzene rings is 1. The molecule has 2 fully saturated rings. The fraction of sp³-hybridized carbons (Fsp3) is 0.304. The van der Waals surface area contributed by atoms with Crippen molar-refractivity contribution in [3.05, 3.63) is 48.9 Å². The van der Waals surface area contributed by atoms with Gasteiger partial charge in [-0.05, 0) is 36.8 Å². The summed E-state index contributed by atoms with van der Waals surface area (Å²) in [6, 6.07) is 10.9. The number of ether oxygens (including phenoxy) is 1. The minimum absolute atomic E-state index is 0.245. The molecule has 4 aromatic rings. The zero-order chi connectivity index (χ0) is 23.4. The van der Waals surface area contributed by atoms with E-state index in [1.165, 1.54) is 10.9 Å². The van der Waals surface area contributed by atoms with Gasteiger partial charge in [-0.15, -0.1) is 0 Å². The summed E-state index contributed by atoms with van der Waals surface area (Å²) in [5, 5.41) is 14.6. The second kappa shape index (κ2) is 7.89. The Morgan fingerprint density at radius 2 is 2.03 bits per heavy atom. The number of nitrogen functional groups attached to an aromatic ring is 1. The number of fused-ring (bicyclic) bond motifs is 2. The van der Waals surface area contributed by atoms with Gasteiger partial charge in [0.05, 0.1) is 10.9 Å². The minimum atomic E-state index is -1.85. The van der Waals surface area contributed by atoms with Crippen LogP contribution in [0, 0.1) is 0 Å². The quantitative estimate of drug-likeness (QED) is 0.419. The Balaban J connectivity index is 1.23. The maximum absolute atomic E-state index is 15.0. The van der Waals surface area contributed by atoms with E-state index in [-0.39, 0.29) is 5.82 Å². The average Bonchev–Trinajstić information content (AvgIpc) is 3.34. The smallest absolute Gasteiger partial charge is 0.256 e. The van der Waals surface area contributed by atoms with Crippen molar-refractivity contribution in [3.63, 3.8) is 0 Å². The Kier molecular flexibility index (Phi) is 4.82. The molecule has 3 aromatic heterocycles. The normalized spacial score (nSPS) is 24.5. The van der Waals surface area contributed by atoms with Gasteiger partial charge < -0.3 is 30.4 Å². The van der Waals surface area contributed by atoms with Gasteiger partial charge in [0.2, 0.25) is 0 Å². The van der Waals surface area contributed by atoms with E-state index in [4.69, 9.17) is 10.5 Å². The first-order valence-electron chi connectivity index (χ1n) is 11.0. The lowest BCUT2D eigenvalue weighted by molar-refractivity contribution is -0.132. The van der Waals surface area contributed by atoms with Crippen molar-refractivity contribution in [1.82, 2.24) is 19.5 Å². The number of nitrogens with one attached hydrogen (secondary N) is 1. The van der Waals surface area contributed by atoms with Crippen molar-refractivity contribution < 1.29 is 19.0 Å². The largest absolute Gasteiger partial charge is 0.387 e. The van der Waals surface area contributed by atoms with Crippen LogP contribution in [0.4, 0.5) is 21.7 Å². The molecule has 10 nitrogen and oxygen atoms in total. The molecule has 2 saturated heterocycles. The van der Waals surface area contributed by atoms with Crippen molar-refractivity contribution in [3.8, 4) is 0 Å². The van der Waals surface area contributed by atoms with Crippen LogP contribution >= 0.6 is 0 Å². The van der Waals surface area contributed by atoms with Crippen LogP contribution in [0.3, 0.4) is 0 Å². The predicted molar refractivity (Wildman–Crippen MR) is 124 cm³/mol. The van der Waals surface area contributed by atoms with E-state index in [1.807, 2.05) is 18.2 Å². The van der Waals surface area contributed by atoms with Gasteiger partial charge in [0.1, 0.15) is 29.7 Å². The molecular weight excluding hydrogens is 441 g/mol. The number of anilines is 3. The van der Waals surface area contributed by atoms with E-state index >= 15 is 4.39 Å². The van der Waals surface area contributed by atoms with Crippen LogP contribution in [-0.4, -0.2) is 62.0 Å². The molecule has 34 heavy (non-hydrogen) atoms. The summed E-state index contributed by atoms with van der Waals surface area (Å²) in [7, 11) is 0. The second-order valence-electron chi connectivity index (χ2n) is 8.51. The van der Waals surface area contributed by atoms with Gasteiger partial charge in [0.25, 0.3) is 5.91 Å². The number of carbonyl (C=O) groups excluding carboxylic acids is 1. The van der Waals surface area contributed by atoms with Crippen LogP contribution < -0.4 is 16.0 Å². The number of rotatable bonds is 4. The number of alkyl halides is 1. The molecule has 174 valence electrons. The topological polar surface area (TPSA) is 131 Å². The number of aliphatic hydroxyl groups excluding tert-OH is 1. The van der Waals surface area contributed by atoms with Crippen LogP contribution in [0.5, 0.6) is 0 Å². The van der Waals surface area contributed by atoms with E-state index in [1.54, 1.807) is 24.4 Å². The Labute approximate surface area is 193 Å². The van der Waals surface area contributed by atoms with E-state index in [0.717, 1.165) is 36.2 Å². The highest BCUT2D eigenvalue weighted by atomic mass is 19.1. The fourth-order valence-corrected chi connectivity index (χ4v) is 4.39. The van der Waals surface area contributed by atoms with Gasteiger partial charge in [0.15, 0.2) is 18.5 Å². The number of pyridine rings is 1. The van der Waals surface area contributed by atoms with Crippen molar-refractivity contribution >= 4 is 45.2 Å². The van der Waals surface area contributed by atoms with Gasteiger partial charge in [-0.2, -0.15) is 0 Å². The summed E-state index contributed by atoms with van der Waals surface area (Å²) in [6.45, 7) is 1.96. The molecule has 4 atom stereocenters. The molecule has 0 bridgehead atoms. The molecule has 5 heterocycles. The number of aliphatic hydroxyl groups is 1. The Morgan fingerprint density at radius 1 is 1.21 bits per heavy atom. The summed E-state index contributed by atoms with van der Waals surface area (Å²) in [6.07, 6.45) is -2.20. The lowest BCUT2D eigenvalue weighted by Crippen LogP contribution is -2.38. The Bertz CT molecular complexity index is 1410. The zero-order valence-electron chi connectivity index (χ0n) is 18.0. The monoisotopic (exact) mass is 463 g/mol. The lowest BCUT2D eigenvalue weighted by atomic mass is 10.1. The van der Waals surface area contributed by atoms with Crippen LogP contribution in [0.25, 0.3) is 21.9 Å². The number of halogens is 1. The van der Waals surface area contributed by atoms with E-state index in [0.29, 0.717) is 16.7 Å². The van der Waals surface area contributed by atoms with Crippen LogP contribution in [0.1, 0.15) is 12.6 Å². The third-order valence-corrected chi connectivity index (χ3v) is 6.39. The summed E-state index contributed by atoms with van der Waals surface area (Å²) in [5.41, 5.74) is 7.41. The number of carbonyl (C=O) groups is 1. The van der Waals surface area contributed by atoms with E-state index in [9.17, 15) is 9.90 Å². The second-order valence-corrected chi connectivity index (χ2v) is 8.51. The number of nitrogens with zero attached hydrogens (tertiary/aromatic N) is 5. The molecule has 0 radical (unpaired) electrons.